The van der Waals surface area contributed by atoms with E-state index in [1.807, 2.05) is 0 Å². The third kappa shape index (κ3) is 7.04. The molecular weight excluding hydrogens is 606 g/mol. The molecule has 0 aromatic rings. The van der Waals surface area contributed by atoms with E-state index in [9.17, 15) is 35.7 Å². The van der Waals surface area contributed by atoms with Gasteiger partial charge >= 0.3 is 0 Å². The van der Waals surface area contributed by atoms with Gasteiger partial charge in [-0.2, -0.15) is 0 Å². The van der Waals surface area contributed by atoms with Crippen molar-refractivity contribution in [1.29, 1.82) is 0 Å². The van der Waals surface area contributed by atoms with Crippen LogP contribution in [0.15, 0.2) is 0 Å². The summed E-state index contributed by atoms with van der Waals surface area (Å²) in [6.07, 6.45) is -19.0. The Hall–Kier alpha value is -0.760. The smallest absolute Gasteiger partial charge is 0.187 e. The van der Waals surface area contributed by atoms with Crippen LogP contribution in [0.3, 0.4) is 0 Å². The van der Waals surface area contributed by atoms with Crippen LogP contribution in [0.1, 0.15) is 19.3 Å². The number of rotatable bonds is 8. The van der Waals surface area contributed by atoms with Crippen LogP contribution in [0.25, 0.3) is 0 Å². The summed E-state index contributed by atoms with van der Waals surface area (Å²) < 4.78 is 41.0. The molecule has 8 unspecified atom stereocenters. The normalized spacial score (nSPS) is 54.4. The minimum Gasteiger partial charge on any atom is -0.394 e. The van der Waals surface area contributed by atoms with Crippen molar-refractivity contribution in [2.75, 3.05) is 19.8 Å². The molecule has 17 N–H and O–H groups in total. The Morgan fingerprint density at radius 3 is 1.93 bits per heavy atom. The van der Waals surface area contributed by atoms with Crippen molar-refractivity contribution in [3.8, 4) is 0 Å². The molecule has 5 rings (SSSR count). The number of ether oxygens (including phenoxy) is 7. The molecule has 45 heavy (non-hydrogen) atoms. The summed E-state index contributed by atoms with van der Waals surface area (Å²) in [5.41, 5.74) is 30.4. The van der Waals surface area contributed by atoms with Crippen LogP contribution in [-0.2, 0) is 33.2 Å². The molecule has 0 bridgehead atoms. The first kappa shape index (κ1) is 35.5. The largest absolute Gasteiger partial charge is 0.394 e. The van der Waals surface area contributed by atoms with E-state index < -0.39 is 129 Å². The summed E-state index contributed by atoms with van der Waals surface area (Å²) in [6, 6.07) is -4.08. The maximum atomic E-state index is 11.2. The van der Waals surface area contributed by atoms with Gasteiger partial charge in [0.1, 0.15) is 67.1 Å². The predicted molar refractivity (Wildman–Crippen MR) is 148 cm³/mol. The fraction of sp³-hybridized carbons (Fsp3) is 1.00. The van der Waals surface area contributed by atoms with Gasteiger partial charge in [0.15, 0.2) is 18.9 Å². The first-order valence-corrected chi connectivity index (χ1v) is 15.3. The molecule has 20 atom stereocenters. The van der Waals surface area contributed by atoms with Gasteiger partial charge in [0, 0.05) is 25.2 Å². The van der Waals surface area contributed by atoms with Gasteiger partial charge in [0.2, 0.25) is 0 Å². The van der Waals surface area contributed by atoms with Gasteiger partial charge in [0.25, 0.3) is 0 Å². The lowest BCUT2D eigenvalue weighted by atomic mass is 9.84. The molecule has 0 aromatic carbocycles. The third-order valence-electron chi connectivity index (χ3n) is 9.38. The van der Waals surface area contributed by atoms with Crippen molar-refractivity contribution in [2.24, 2.45) is 28.7 Å². The minimum absolute atomic E-state index is 0.0977. The van der Waals surface area contributed by atoms with Gasteiger partial charge in [-0.3, -0.25) is 0 Å². The Labute approximate surface area is 259 Å². The van der Waals surface area contributed by atoms with Crippen molar-refractivity contribution in [3.63, 3.8) is 0 Å². The fourth-order valence-corrected chi connectivity index (χ4v) is 6.67. The average molecular weight is 656 g/mol. The summed E-state index contributed by atoms with van der Waals surface area (Å²) in [7, 11) is 0. The molecule has 0 radical (unpaired) electrons. The monoisotopic (exact) mass is 655 g/mol. The maximum Gasteiger partial charge on any atom is 0.187 e. The molecule has 19 nitrogen and oxygen atoms in total. The van der Waals surface area contributed by atoms with Crippen LogP contribution in [0.4, 0.5) is 0 Å². The van der Waals surface area contributed by atoms with Crippen LogP contribution in [0, 0.1) is 0 Å². The highest BCUT2D eigenvalue weighted by molar-refractivity contribution is 5.03. The summed E-state index contributed by atoms with van der Waals surface area (Å²) in [4.78, 5) is 0. The Morgan fingerprint density at radius 1 is 0.622 bits per heavy atom. The van der Waals surface area contributed by atoms with Crippen molar-refractivity contribution < 1.29 is 68.9 Å². The van der Waals surface area contributed by atoms with Crippen molar-refractivity contribution in [2.45, 2.75) is 142 Å². The van der Waals surface area contributed by atoms with E-state index in [-0.39, 0.29) is 13.0 Å². The molecular formula is C26H49N5O14. The van der Waals surface area contributed by atoms with E-state index in [4.69, 9.17) is 61.8 Å². The second kappa shape index (κ2) is 14.8. The number of hydrogen-bond acceptors (Lipinski definition) is 19. The van der Waals surface area contributed by atoms with E-state index in [0.717, 1.165) is 0 Å². The molecule has 0 amide bonds. The summed E-state index contributed by atoms with van der Waals surface area (Å²) in [5, 5.41) is 74.3. The van der Waals surface area contributed by atoms with Gasteiger partial charge < -0.3 is 97.6 Å². The maximum absolute atomic E-state index is 11.2. The van der Waals surface area contributed by atoms with Crippen molar-refractivity contribution in [3.05, 3.63) is 0 Å². The molecule has 5 fully saturated rings. The minimum atomic E-state index is -1.60. The molecule has 4 aliphatic heterocycles. The van der Waals surface area contributed by atoms with E-state index in [0.29, 0.717) is 19.4 Å². The van der Waals surface area contributed by atoms with E-state index in [1.54, 1.807) is 0 Å². The average Bonchev–Trinajstić information content (AvgIpc) is 3.18. The quantitative estimate of drug-likeness (QED) is 0.115. The lowest BCUT2D eigenvalue weighted by Gasteiger charge is -2.48. The highest BCUT2D eigenvalue weighted by Gasteiger charge is 2.55. The lowest BCUT2D eigenvalue weighted by molar-refractivity contribution is -0.317. The highest BCUT2D eigenvalue weighted by Crippen LogP contribution is 2.35. The van der Waals surface area contributed by atoms with Crippen LogP contribution >= 0.6 is 0 Å². The number of fused-ring (bicyclic) bond motifs is 1. The highest BCUT2D eigenvalue weighted by atomic mass is 16.8. The molecule has 1 aliphatic carbocycles. The van der Waals surface area contributed by atoms with Gasteiger partial charge in [0.05, 0.1) is 30.9 Å². The zero-order valence-corrected chi connectivity index (χ0v) is 24.7. The standard InChI is InChI=1S/C26H49N5O14/c27-5-10-15(35)16(36)12(30)24(40-10)44-21-11(6-32)41-26(18(21)38)45-23-14(34)7(28)4-8(29)19(23)42-25-13(31)17(37)22-20(43-25)9(33)2-1-3-39-22/h7-26,32-38H,1-6,27-31H2/t7-,8?,9?,10+,11-,12?,13?,14?,15-,16?,17-,18?,19-,20?,21+,22+,23-,24-,25+,26+/m1/s1. The SMILES string of the molecule is NC[C@@H]1O[C@H](O[C@@H]2C(O)[C@H](O[C@@H]3C(O)[C@H](N)CC(N)[C@H]3O[C@H]3OC4C(O)CCCO[C@H]4[C@H](O)C3N)O[C@@H]2CO)C(N)C(O)[C@@H]1O. The van der Waals surface area contributed by atoms with Gasteiger partial charge in [-0.05, 0) is 19.3 Å². The summed E-state index contributed by atoms with van der Waals surface area (Å²) in [5.74, 6) is 0. The number of aliphatic hydroxyl groups excluding tert-OH is 7. The second-order valence-electron chi connectivity index (χ2n) is 12.5. The van der Waals surface area contributed by atoms with E-state index >= 15 is 0 Å². The lowest BCUT2D eigenvalue weighted by Crippen LogP contribution is -2.68. The van der Waals surface area contributed by atoms with Gasteiger partial charge in [-0.1, -0.05) is 0 Å². The zero-order chi connectivity index (χ0) is 32.7. The topological polar surface area (TPSA) is 336 Å². The molecule has 4 heterocycles. The fourth-order valence-electron chi connectivity index (χ4n) is 6.67. The number of aliphatic hydroxyl groups is 7. The van der Waals surface area contributed by atoms with Crippen molar-refractivity contribution >= 4 is 0 Å². The molecule has 0 aromatic heterocycles. The van der Waals surface area contributed by atoms with E-state index in [2.05, 4.69) is 0 Å². The number of nitrogens with two attached hydrogens (primary N) is 5. The summed E-state index contributed by atoms with van der Waals surface area (Å²) in [6.45, 7) is -0.497. The second-order valence-corrected chi connectivity index (χ2v) is 12.5. The number of hydrogen-bond donors (Lipinski definition) is 12. The molecule has 5 aliphatic rings. The van der Waals surface area contributed by atoms with Crippen LogP contribution in [0.2, 0.25) is 0 Å². The van der Waals surface area contributed by atoms with E-state index in [1.165, 1.54) is 0 Å². The molecule has 19 heteroatoms. The van der Waals surface area contributed by atoms with Crippen LogP contribution < -0.4 is 28.7 Å². The zero-order valence-electron chi connectivity index (χ0n) is 24.7. The van der Waals surface area contributed by atoms with Gasteiger partial charge in [-0.25, -0.2) is 0 Å². The first-order valence-electron chi connectivity index (χ1n) is 15.3. The summed E-state index contributed by atoms with van der Waals surface area (Å²) >= 11 is 0. The Morgan fingerprint density at radius 2 is 1.24 bits per heavy atom. The molecule has 0 spiro atoms. The van der Waals surface area contributed by atoms with Gasteiger partial charge in [-0.15, -0.1) is 0 Å². The molecule has 4 saturated heterocycles. The third-order valence-corrected chi connectivity index (χ3v) is 9.38. The Kier molecular flexibility index (Phi) is 11.7. The first-order chi connectivity index (χ1) is 21.4. The van der Waals surface area contributed by atoms with Crippen molar-refractivity contribution in [1.82, 2.24) is 0 Å². The Balaban J connectivity index is 1.31. The van der Waals surface area contributed by atoms with Crippen LogP contribution in [0.5, 0.6) is 0 Å². The predicted octanol–water partition coefficient (Wildman–Crippen LogP) is -7.68. The van der Waals surface area contributed by atoms with Crippen LogP contribution in [-0.4, -0.2) is 178 Å². The Bertz CT molecular complexity index is 962. The molecule has 262 valence electrons. The molecule has 1 saturated carbocycles.